The summed E-state index contributed by atoms with van der Waals surface area (Å²) in [6, 6.07) is 6.92. The van der Waals surface area contributed by atoms with E-state index in [1.165, 1.54) is 0 Å². The molecule has 0 spiro atoms. The Hall–Kier alpha value is -2.45. The zero-order valence-corrected chi connectivity index (χ0v) is 14.0. The summed E-state index contributed by atoms with van der Waals surface area (Å²) in [5, 5.41) is 10.3. The summed E-state index contributed by atoms with van der Waals surface area (Å²) < 4.78 is 6.96. The number of amides is 2. The molecular weight excluding hydrogens is 346 g/mol. The molecule has 0 bridgehead atoms. The maximum atomic E-state index is 12.2. The zero-order chi connectivity index (χ0) is 17.4. The van der Waals surface area contributed by atoms with Crippen molar-refractivity contribution < 1.29 is 14.3 Å². The lowest BCUT2D eigenvalue weighted by molar-refractivity contribution is -0.124. The molecule has 1 aromatic heterocycles. The number of halogens is 1. The van der Waals surface area contributed by atoms with Crippen molar-refractivity contribution in [3.8, 4) is 0 Å². The maximum Gasteiger partial charge on any atom is 0.255 e. The van der Waals surface area contributed by atoms with Gasteiger partial charge in [0.15, 0.2) is 0 Å². The average Bonchev–Trinajstić information content (AvgIpc) is 3.24. The van der Waals surface area contributed by atoms with Crippen LogP contribution in [0, 0.1) is 0 Å². The summed E-state index contributed by atoms with van der Waals surface area (Å²) in [7, 11) is 0. The quantitative estimate of drug-likeness (QED) is 0.871. The fraction of sp³-hybridized carbons (Fsp3) is 0.375. The van der Waals surface area contributed by atoms with Crippen LogP contribution in [0.3, 0.4) is 0 Å². The van der Waals surface area contributed by atoms with Gasteiger partial charge in [0.1, 0.15) is 6.10 Å². The number of rotatable bonds is 3. The van der Waals surface area contributed by atoms with Crippen molar-refractivity contribution in [1.29, 1.82) is 0 Å². The van der Waals surface area contributed by atoms with Crippen molar-refractivity contribution in [2.75, 3.05) is 17.2 Å². The highest BCUT2D eigenvalue weighted by atomic mass is 35.5. The van der Waals surface area contributed by atoms with Gasteiger partial charge in [-0.2, -0.15) is 4.98 Å². The molecule has 8 nitrogen and oxygen atoms in total. The molecule has 2 aliphatic heterocycles. The predicted octanol–water partition coefficient (Wildman–Crippen LogP) is 1.98. The molecule has 0 saturated carbocycles. The van der Waals surface area contributed by atoms with Gasteiger partial charge >= 0.3 is 0 Å². The van der Waals surface area contributed by atoms with Crippen LogP contribution in [0.15, 0.2) is 24.3 Å². The number of anilines is 2. The molecule has 2 aliphatic rings. The van der Waals surface area contributed by atoms with Crippen LogP contribution in [0.5, 0.6) is 0 Å². The van der Waals surface area contributed by atoms with Crippen molar-refractivity contribution in [3.63, 3.8) is 0 Å². The Bertz CT molecular complexity index is 814. The molecule has 0 aliphatic carbocycles. The first-order valence-corrected chi connectivity index (χ1v) is 8.42. The van der Waals surface area contributed by atoms with E-state index in [1.54, 1.807) is 16.8 Å². The molecule has 1 aromatic carbocycles. The van der Waals surface area contributed by atoms with Crippen molar-refractivity contribution >= 4 is 35.3 Å². The second-order valence-electron chi connectivity index (χ2n) is 6.01. The minimum Gasteiger partial charge on any atom is -0.368 e. The van der Waals surface area contributed by atoms with Gasteiger partial charge in [-0.25, -0.2) is 4.68 Å². The minimum absolute atomic E-state index is 0.150. The summed E-state index contributed by atoms with van der Waals surface area (Å²) in [6.07, 6.45) is 1.31. The standard InChI is InChI=1S/C16H16ClN5O3/c17-10-5-3-9(4-6-10)11-8-13(23)18-16-20-15(21-22(11)16)19-14(24)12-2-1-7-25-12/h3-6,11-12H,1-2,7-8H2,(H2,18,19,20,21,23,24)/t11-,12+/m0/s1. The first-order chi connectivity index (χ1) is 12.1. The van der Waals surface area contributed by atoms with Gasteiger partial charge in [-0.1, -0.05) is 23.7 Å². The predicted molar refractivity (Wildman–Crippen MR) is 90.5 cm³/mol. The summed E-state index contributed by atoms with van der Waals surface area (Å²) >= 11 is 5.93. The van der Waals surface area contributed by atoms with Crippen LogP contribution in [0.25, 0.3) is 0 Å². The van der Waals surface area contributed by atoms with Gasteiger partial charge in [0.25, 0.3) is 11.9 Å². The summed E-state index contributed by atoms with van der Waals surface area (Å²) in [5.74, 6) is 0.0298. The summed E-state index contributed by atoms with van der Waals surface area (Å²) in [4.78, 5) is 28.4. The van der Waals surface area contributed by atoms with Gasteiger partial charge < -0.3 is 4.74 Å². The van der Waals surface area contributed by atoms with Crippen LogP contribution in [0.1, 0.15) is 30.9 Å². The highest BCUT2D eigenvalue weighted by Gasteiger charge is 2.30. The highest BCUT2D eigenvalue weighted by Crippen LogP contribution is 2.30. The van der Waals surface area contributed by atoms with Crippen LogP contribution in [-0.2, 0) is 14.3 Å². The first-order valence-electron chi connectivity index (χ1n) is 8.04. The number of benzene rings is 1. The fourth-order valence-electron chi connectivity index (χ4n) is 3.04. The Morgan fingerprint density at radius 2 is 2.16 bits per heavy atom. The molecular formula is C16H16ClN5O3. The Morgan fingerprint density at radius 3 is 2.88 bits per heavy atom. The Labute approximate surface area is 148 Å². The Balaban J connectivity index is 1.60. The van der Waals surface area contributed by atoms with Gasteiger partial charge in [-0.05, 0) is 30.5 Å². The van der Waals surface area contributed by atoms with E-state index in [-0.39, 0.29) is 30.2 Å². The first kappa shape index (κ1) is 16.0. The summed E-state index contributed by atoms with van der Waals surface area (Å²) in [5.41, 5.74) is 0.891. The topological polar surface area (TPSA) is 98.1 Å². The maximum absolute atomic E-state index is 12.2. The van der Waals surface area contributed by atoms with E-state index in [4.69, 9.17) is 16.3 Å². The average molecular weight is 362 g/mol. The molecule has 0 unspecified atom stereocenters. The normalized spacial score (nSPS) is 22.4. The van der Waals surface area contributed by atoms with Gasteiger partial charge in [0, 0.05) is 11.6 Å². The van der Waals surface area contributed by atoms with Gasteiger partial charge in [-0.15, -0.1) is 5.10 Å². The van der Waals surface area contributed by atoms with Crippen molar-refractivity contribution in [2.24, 2.45) is 0 Å². The summed E-state index contributed by atoms with van der Waals surface area (Å²) in [6.45, 7) is 0.583. The van der Waals surface area contributed by atoms with E-state index in [1.807, 2.05) is 12.1 Å². The number of ether oxygens (including phenoxy) is 1. The third-order valence-corrected chi connectivity index (χ3v) is 4.52. The third-order valence-electron chi connectivity index (χ3n) is 4.27. The van der Waals surface area contributed by atoms with E-state index in [0.29, 0.717) is 24.0 Å². The van der Waals surface area contributed by atoms with Gasteiger partial charge in [0.05, 0.1) is 12.5 Å². The van der Waals surface area contributed by atoms with Crippen LogP contribution in [0.2, 0.25) is 5.02 Å². The molecule has 130 valence electrons. The number of nitrogens with zero attached hydrogens (tertiary/aromatic N) is 3. The van der Waals surface area contributed by atoms with Crippen LogP contribution in [0.4, 0.5) is 11.9 Å². The van der Waals surface area contributed by atoms with Crippen molar-refractivity contribution in [2.45, 2.75) is 31.4 Å². The number of carbonyl (C=O) groups excluding carboxylic acids is 2. The SMILES string of the molecule is O=C1C[C@@H](c2ccc(Cl)cc2)n2nc(NC(=O)[C@H]3CCCO3)nc2N1. The fourth-order valence-corrected chi connectivity index (χ4v) is 3.16. The van der Waals surface area contributed by atoms with E-state index in [9.17, 15) is 9.59 Å². The van der Waals surface area contributed by atoms with Crippen LogP contribution in [-0.4, -0.2) is 39.3 Å². The number of carbonyl (C=O) groups is 2. The smallest absolute Gasteiger partial charge is 0.255 e. The molecule has 1 saturated heterocycles. The largest absolute Gasteiger partial charge is 0.368 e. The number of hydrogen-bond acceptors (Lipinski definition) is 5. The lowest BCUT2D eigenvalue weighted by atomic mass is 10.0. The molecule has 3 heterocycles. The second kappa shape index (κ2) is 6.45. The van der Waals surface area contributed by atoms with Crippen LogP contribution < -0.4 is 10.6 Å². The van der Waals surface area contributed by atoms with Crippen molar-refractivity contribution in [1.82, 2.24) is 14.8 Å². The molecule has 25 heavy (non-hydrogen) atoms. The van der Waals surface area contributed by atoms with Gasteiger partial charge in [0.2, 0.25) is 11.9 Å². The molecule has 9 heteroatoms. The monoisotopic (exact) mass is 361 g/mol. The molecule has 0 radical (unpaired) electrons. The number of aromatic nitrogens is 3. The molecule has 2 N–H and O–H groups in total. The second-order valence-corrected chi connectivity index (χ2v) is 6.45. The third kappa shape index (κ3) is 3.22. The van der Waals surface area contributed by atoms with E-state index < -0.39 is 6.10 Å². The number of fused-ring (bicyclic) bond motifs is 1. The number of hydrogen-bond donors (Lipinski definition) is 2. The lowest BCUT2D eigenvalue weighted by Gasteiger charge is -2.23. The van der Waals surface area contributed by atoms with Gasteiger partial charge in [-0.3, -0.25) is 20.2 Å². The van der Waals surface area contributed by atoms with E-state index in [2.05, 4.69) is 20.7 Å². The molecule has 4 rings (SSSR count). The van der Waals surface area contributed by atoms with Crippen molar-refractivity contribution in [3.05, 3.63) is 34.9 Å². The zero-order valence-electron chi connectivity index (χ0n) is 13.2. The number of nitrogens with one attached hydrogen (secondary N) is 2. The molecule has 1 fully saturated rings. The minimum atomic E-state index is -0.470. The molecule has 2 amide bonds. The van der Waals surface area contributed by atoms with E-state index >= 15 is 0 Å². The Kier molecular flexibility index (Phi) is 4.14. The van der Waals surface area contributed by atoms with E-state index in [0.717, 1.165) is 12.0 Å². The van der Waals surface area contributed by atoms with Crippen LogP contribution >= 0.6 is 11.6 Å². The Morgan fingerprint density at radius 1 is 1.36 bits per heavy atom. The molecule has 2 aromatic rings. The lowest BCUT2D eigenvalue weighted by Crippen LogP contribution is -2.29. The highest BCUT2D eigenvalue weighted by molar-refractivity contribution is 6.30. The molecule has 2 atom stereocenters.